The number of allylic oxidation sites excluding steroid dienone is 1. The molecule has 21 heavy (non-hydrogen) atoms. The molecule has 0 spiro atoms. The summed E-state index contributed by atoms with van der Waals surface area (Å²) < 4.78 is 5.31. The lowest BCUT2D eigenvalue weighted by atomic mass is 10.0. The van der Waals surface area contributed by atoms with Crippen LogP contribution < -0.4 is 0 Å². The third kappa shape index (κ3) is 2.15. The minimum atomic E-state index is 1.20. The second-order valence-corrected chi connectivity index (χ2v) is 8.79. The van der Waals surface area contributed by atoms with Gasteiger partial charge < -0.3 is 0 Å². The van der Waals surface area contributed by atoms with Crippen molar-refractivity contribution >= 4 is 74.9 Å². The van der Waals surface area contributed by atoms with E-state index in [2.05, 4.69) is 72.3 Å². The summed E-state index contributed by atoms with van der Waals surface area (Å²) in [7, 11) is 0. The molecule has 3 heteroatoms. The van der Waals surface area contributed by atoms with Crippen molar-refractivity contribution in [1.82, 2.24) is 0 Å². The van der Waals surface area contributed by atoms with Gasteiger partial charge in [0.1, 0.15) is 0 Å². The number of hydrogen-bond acceptors (Lipinski definition) is 2. The van der Waals surface area contributed by atoms with Gasteiger partial charge >= 0.3 is 0 Å². The maximum Gasteiger partial charge on any atom is 0.0711 e. The van der Waals surface area contributed by atoms with E-state index in [1.165, 1.54) is 45.2 Å². The molecule has 0 N–H and O–H groups in total. The van der Waals surface area contributed by atoms with Crippen molar-refractivity contribution < 1.29 is 0 Å². The zero-order valence-electron chi connectivity index (χ0n) is 11.7. The number of benzene rings is 2. The highest BCUT2D eigenvalue weighted by atomic mass is 79.9. The number of fused-ring (bicyclic) bond motifs is 4. The molecule has 0 aliphatic rings. The Morgan fingerprint density at radius 3 is 2.48 bits per heavy atom. The van der Waals surface area contributed by atoms with Gasteiger partial charge in [-0.15, -0.1) is 22.7 Å². The van der Waals surface area contributed by atoms with Crippen molar-refractivity contribution in [1.29, 1.82) is 0 Å². The fraction of sp³-hybridized carbons (Fsp3) is 0.111. The second kappa shape index (κ2) is 4.94. The average molecular weight is 373 g/mol. The highest BCUT2D eigenvalue weighted by molar-refractivity contribution is 9.11. The minimum absolute atomic E-state index is 1.20. The Balaban J connectivity index is 2.13. The van der Waals surface area contributed by atoms with Gasteiger partial charge in [-0.2, -0.15) is 0 Å². The van der Waals surface area contributed by atoms with Crippen molar-refractivity contribution in [2.75, 3.05) is 0 Å². The van der Waals surface area contributed by atoms with E-state index in [1.807, 2.05) is 11.3 Å². The predicted octanol–water partition coefficient (Wildman–Crippen LogP) is 7.37. The smallest absolute Gasteiger partial charge is 0.0711 e. The SMILES string of the molecule is C/C=C\c1cc2c(cc1C)sc1cc3sc(Br)cc3cc12. The minimum Gasteiger partial charge on any atom is -0.135 e. The fourth-order valence-corrected chi connectivity index (χ4v) is 5.66. The lowest BCUT2D eigenvalue weighted by Gasteiger charge is -2.01. The lowest BCUT2D eigenvalue weighted by molar-refractivity contribution is 1.48. The molecule has 0 radical (unpaired) electrons. The molecule has 0 unspecified atom stereocenters. The van der Waals surface area contributed by atoms with Gasteiger partial charge in [0.2, 0.25) is 0 Å². The maximum atomic E-state index is 3.59. The molecule has 0 bridgehead atoms. The molecule has 0 amide bonds. The molecule has 2 aromatic carbocycles. The van der Waals surface area contributed by atoms with Crippen LogP contribution in [0.25, 0.3) is 36.3 Å². The molecule has 0 atom stereocenters. The number of thiophene rings is 2. The largest absolute Gasteiger partial charge is 0.135 e. The number of hydrogen-bond donors (Lipinski definition) is 0. The van der Waals surface area contributed by atoms with Gasteiger partial charge in [-0.25, -0.2) is 0 Å². The van der Waals surface area contributed by atoms with Gasteiger partial charge in [0.15, 0.2) is 0 Å². The van der Waals surface area contributed by atoms with E-state index in [-0.39, 0.29) is 0 Å². The monoisotopic (exact) mass is 372 g/mol. The molecular weight excluding hydrogens is 360 g/mol. The average Bonchev–Trinajstić information content (AvgIpc) is 2.95. The van der Waals surface area contributed by atoms with Gasteiger partial charge in [-0.3, -0.25) is 0 Å². The Labute approximate surface area is 139 Å². The summed E-state index contributed by atoms with van der Waals surface area (Å²) in [6.45, 7) is 4.26. The molecule has 4 aromatic rings. The molecule has 0 saturated carbocycles. The summed E-state index contributed by atoms with van der Waals surface area (Å²) in [5.41, 5.74) is 2.66. The molecule has 0 fully saturated rings. The van der Waals surface area contributed by atoms with Crippen molar-refractivity contribution in [2.45, 2.75) is 13.8 Å². The predicted molar refractivity (Wildman–Crippen MR) is 102 cm³/mol. The summed E-state index contributed by atoms with van der Waals surface area (Å²) in [4.78, 5) is 0. The third-order valence-corrected chi connectivity index (χ3v) is 6.53. The van der Waals surface area contributed by atoms with Gasteiger partial charge in [0.25, 0.3) is 0 Å². The van der Waals surface area contributed by atoms with E-state index in [9.17, 15) is 0 Å². The van der Waals surface area contributed by atoms with Gasteiger partial charge in [-0.05, 0) is 76.6 Å². The van der Waals surface area contributed by atoms with Crippen LogP contribution >= 0.6 is 38.6 Å². The second-order valence-electron chi connectivity index (χ2n) is 5.24. The van der Waals surface area contributed by atoms with Crippen LogP contribution in [0.15, 0.2) is 40.2 Å². The molecule has 0 aliphatic heterocycles. The van der Waals surface area contributed by atoms with Gasteiger partial charge in [0, 0.05) is 24.9 Å². The first-order chi connectivity index (χ1) is 10.2. The molecular formula is C18H13BrS2. The highest BCUT2D eigenvalue weighted by Crippen LogP contribution is 2.40. The van der Waals surface area contributed by atoms with Crippen LogP contribution in [-0.4, -0.2) is 0 Å². The van der Waals surface area contributed by atoms with Crippen LogP contribution in [0.4, 0.5) is 0 Å². The first kappa shape index (κ1) is 13.5. The van der Waals surface area contributed by atoms with E-state index in [4.69, 9.17) is 0 Å². The third-order valence-electron chi connectivity index (χ3n) is 3.81. The Morgan fingerprint density at radius 1 is 0.905 bits per heavy atom. The number of rotatable bonds is 1. The zero-order valence-corrected chi connectivity index (χ0v) is 15.0. The van der Waals surface area contributed by atoms with Crippen molar-refractivity contribution in [3.8, 4) is 0 Å². The first-order valence-electron chi connectivity index (χ1n) is 6.84. The zero-order chi connectivity index (χ0) is 14.6. The molecule has 2 aromatic heterocycles. The Bertz CT molecular complexity index is 1020. The summed E-state index contributed by atoms with van der Waals surface area (Å²) in [5.74, 6) is 0. The Kier molecular flexibility index (Phi) is 3.18. The Morgan fingerprint density at radius 2 is 1.67 bits per heavy atom. The van der Waals surface area contributed by atoms with Crippen LogP contribution in [-0.2, 0) is 0 Å². The molecule has 4 rings (SSSR count). The van der Waals surface area contributed by atoms with Crippen LogP contribution in [0, 0.1) is 6.92 Å². The van der Waals surface area contributed by atoms with E-state index in [0.717, 1.165) is 0 Å². The van der Waals surface area contributed by atoms with E-state index in [0.29, 0.717) is 0 Å². The summed E-state index contributed by atoms with van der Waals surface area (Å²) in [6, 6.07) is 11.5. The highest BCUT2D eigenvalue weighted by Gasteiger charge is 2.10. The van der Waals surface area contributed by atoms with Gasteiger partial charge in [0.05, 0.1) is 3.79 Å². The summed E-state index contributed by atoms with van der Waals surface area (Å²) >= 11 is 7.29. The molecule has 0 saturated heterocycles. The topological polar surface area (TPSA) is 0 Å². The van der Waals surface area contributed by atoms with E-state index < -0.39 is 0 Å². The van der Waals surface area contributed by atoms with E-state index in [1.54, 1.807) is 11.3 Å². The lowest BCUT2D eigenvalue weighted by Crippen LogP contribution is -1.79. The fourth-order valence-electron chi connectivity index (χ4n) is 2.80. The normalized spacial score (nSPS) is 12.3. The molecule has 2 heterocycles. The van der Waals surface area contributed by atoms with Gasteiger partial charge in [-0.1, -0.05) is 12.2 Å². The molecule has 0 nitrogen and oxygen atoms in total. The van der Waals surface area contributed by atoms with Crippen molar-refractivity contribution in [3.05, 3.63) is 51.3 Å². The molecule has 0 aliphatic carbocycles. The number of halogens is 1. The van der Waals surface area contributed by atoms with Crippen LogP contribution in [0.1, 0.15) is 18.1 Å². The van der Waals surface area contributed by atoms with E-state index >= 15 is 0 Å². The Hall–Kier alpha value is -1.16. The molecule has 104 valence electrons. The van der Waals surface area contributed by atoms with Crippen molar-refractivity contribution in [2.24, 2.45) is 0 Å². The van der Waals surface area contributed by atoms with Crippen molar-refractivity contribution in [3.63, 3.8) is 0 Å². The quantitative estimate of drug-likeness (QED) is 0.327. The standard InChI is InChI=1S/C18H13BrS2/c1-3-4-11-6-13-14-7-12-8-18(19)21-15(12)9-17(14)20-16(13)5-10(11)2/h3-9H,1-2H3/b4-3-. The first-order valence-corrected chi connectivity index (χ1v) is 9.27. The van der Waals surface area contributed by atoms with Crippen LogP contribution in [0.5, 0.6) is 0 Å². The number of aryl methyl sites for hydroxylation is 1. The summed E-state index contributed by atoms with van der Waals surface area (Å²) in [6.07, 6.45) is 4.30. The maximum absolute atomic E-state index is 3.59. The van der Waals surface area contributed by atoms with Crippen LogP contribution in [0.3, 0.4) is 0 Å². The van der Waals surface area contributed by atoms with Crippen LogP contribution in [0.2, 0.25) is 0 Å². The summed E-state index contributed by atoms with van der Waals surface area (Å²) in [5, 5.41) is 4.07.